The first-order chi connectivity index (χ1) is 8.26. The largest absolute Gasteiger partial charge is 0.395 e. The van der Waals surface area contributed by atoms with E-state index in [0.29, 0.717) is 11.1 Å². The minimum absolute atomic E-state index is 0.0694. The minimum atomic E-state index is -0.216. The first-order valence-corrected chi connectivity index (χ1v) is 5.48. The second kappa shape index (κ2) is 4.92. The number of carbonyl (C=O) groups is 1. The van der Waals surface area contributed by atoms with Crippen molar-refractivity contribution in [3.8, 4) is 0 Å². The van der Waals surface area contributed by atoms with Crippen LogP contribution in [0.2, 0.25) is 0 Å². The third kappa shape index (κ3) is 2.26. The van der Waals surface area contributed by atoms with E-state index in [4.69, 9.17) is 5.11 Å². The predicted molar refractivity (Wildman–Crippen MR) is 62.6 cm³/mol. The zero-order valence-corrected chi connectivity index (χ0v) is 9.55. The molecule has 1 aromatic heterocycles. The highest BCUT2D eigenvalue weighted by molar-refractivity contribution is 5.97. The van der Waals surface area contributed by atoms with Crippen molar-refractivity contribution in [3.63, 3.8) is 0 Å². The summed E-state index contributed by atoms with van der Waals surface area (Å²) >= 11 is 0. The van der Waals surface area contributed by atoms with Crippen LogP contribution in [-0.2, 0) is 6.54 Å². The molecule has 90 valence electrons. The molecule has 17 heavy (non-hydrogen) atoms. The van der Waals surface area contributed by atoms with Gasteiger partial charge in [0.25, 0.3) is 5.91 Å². The molecule has 0 saturated carbocycles. The van der Waals surface area contributed by atoms with Gasteiger partial charge in [-0.2, -0.15) is 0 Å². The van der Waals surface area contributed by atoms with Crippen molar-refractivity contribution in [3.05, 3.63) is 23.8 Å². The van der Waals surface area contributed by atoms with E-state index < -0.39 is 0 Å². The molecule has 0 saturated heterocycles. The maximum absolute atomic E-state index is 11.6. The number of hydrogen-bond acceptors (Lipinski definition) is 4. The zero-order valence-electron chi connectivity index (χ0n) is 9.55. The normalized spacial score (nSPS) is 10.7. The average molecular weight is 234 g/mol. The van der Waals surface area contributed by atoms with Crippen molar-refractivity contribution >= 4 is 16.9 Å². The monoisotopic (exact) mass is 234 g/mol. The molecule has 0 atom stereocenters. The minimum Gasteiger partial charge on any atom is -0.395 e. The Bertz CT molecular complexity index is 535. The Labute approximate surface area is 98.2 Å². The van der Waals surface area contributed by atoms with Crippen LogP contribution < -0.4 is 5.32 Å². The molecule has 2 N–H and O–H groups in total. The number of benzene rings is 1. The fourth-order valence-electron chi connectivity index (χ4n) is 1.62. The lowest BCUT2D eigenvalue weighted by Gasteiger charge is -2.03. The van der Waals surface area contributed by atoms with Crippen LogP contribution in [0.1, 0.15) is 17.3 Å². The molecule has 1 aromatic carbocycles. The first kappa shape index (κ1) is 11.5. The van der Waals surface area contributed by atoms with E-state index in [-0.39, 0.29) is 19.1 Å². The van der Waals surface area contributed by atoms with Gasteiger partial charge in [-0.3, -0.25) is 4.79 Å². The molecule has 0 aliphatic rings. The summed E-state index contributed by atoms with van der Waals surface area (Å²) in [5.74, 6) is -0.216. The lowest BCUT2D eigenvalue weighted by Crippen LogP contribution is -2.26. The van der Waals surface area contributed by atoms with Gasteiger partial charge >= 0.3 is 0 Å². The van der Waals surface area contributed by atoms with E-state index in [1.54, 1.807) is 16.8 Å². The standard InChI is InChI=1S/C11H14N4O2/c1-2-15-10-4-3-8(7-9(10)13-14-15)11(17)12-5-6-16/h3-4,7,16H,2,5-6H2,1H3,(H,12,17). The number of hydrogen-bond donors (Lipinski definition) is 2. The number of aryl methyl sites for hydroxylation is 1. The summed E-state index contributed by atoms with van der Waals surface area (Å²) in [6, 6.07) is 5.25. The molecule has 1 amide bonds. The van der Waals surface area contributed by atoms with E-state index >= 15 is 0 Å². The summed E-state index contributed by atoms with van der Waals surface area (Å²) in [5, 5.41) is 19.2. The Morgan fingerprint density at radius 3 is 3.06 bits per heavy atom. The summed E-state index contributed by atoms with van der Waals surface area (Å²) in [6.45, 7) is 2.90. The second-order valence-electron chi connectivity index (χ2n) is 3.59. The van der Waals surface area contributed by atoms with Gasteiger partial charge in [0, 0.05) is 18.7 Å². The van der Waals surface area contributed by atoms with Crippen molar-refractivity contribution < 1.29 is 9.90 Å². The predicted octanol–water partition coefficient (Wildman–Crippen LogP) is 0.173. The third-order valence-electron chi connectivity index (χ3n) is 2.47. The van der Waals surface area contributed by atoms with Crippen LogP contribution in [0.25, 0.3) is 11.0 Å². The number of rotatable bonds is 4. The first-order valence-electron chi connectivity index (χ1n) is 5.48. The lowest BCUT2D eigenvalue weighted by molar-refractivity contribution is 0.0945. The summed E-state index contributed by atoms with van der Waals surface area (Å²) in [4.78, 5) is 11.6. The van der Waals surface area contributed by atoms with Crippen molar-refractivity contribution in [2.24, 2.45) is 0 Å². The Balaban J connectivity index is 2.29. The SMILES string of the molecule is CCn1nnc2cc(C(=O)NCCO)ccc21. The molecule has 2 rings (SSSR count). The zero-order chi connectivity index (χ0) is 12.3. The number of aliphatic hydroxyl groups excluding tert-OH is 1. The van der Waals surface area contributed by atoms with Crippen LogP contribution >= 0.6 is 0 Å². The Kier molecular flexibility index (Phi) is 3.34. The average Bonchev–Trinajstić information content (AvgIpc) is 2.77. The second-order valence-corrected chi connectivity index (χ2v) is 3.59. The summed E-state index contributed by atoms with van der Waals surface area (Å²) < 4.78 is 1.77. The molecule has 0 bridgehead atoms. The van der Waals surface area contributed by atoms with Crippen LogP contribution in [-0.4, -0.2) is 39.2 Å². The maximum Gasteiger partial charge on any atom is 0.251 e. The van der Waals surface area contributed by atoms with Crippen LogP contribution in [0.4, 0.5) is 0 Å². The molecular weight excluding hydrogens is 220 g/mol. The highest BCUT2D eigenvalue weighted by atomic mass is 16.3. The van der Waals surface area contributed by atoms with Crippen molar-refractivity contribution in [1.82, 2.24) is 20.3 Å². The van der Waals surface area contributed by atoms with Gasteiger partial charge in [0.15, 0.2) is 0 Å². The van der Waals surface area contributed by atoms with E-state index in [9.17, 15) is 4.79 Å². The number of nitrogens with zero attached hydrogens (tertiary/aromatic N) is 3. The topological polar surface area (TPSA) is 80.0 Å². The smallest absolute Gasteiger partial charge is 0.251 e. The molecule has 0 fully saturated rings. The van der Waals surface area contributed by atoms with Gasteiger partial charge in [0.2, 0.25) is 0 Å². The van der Waals surface area contributed by atoms with E-state index in [2.05, 4.69) is 15.6 Å². The van der Waals surface area contributed by atoms with E-state index in [1.807, 2.05) is 13.0 Å². The van der Waals surface area contributed by atoms with Gasteiger partial charge in [-0.25, -0.2) is 4.68 Å². The molecule has 0 spiro atoms. The number of carbonyl (C=O) groups excluding carboxylic acids is 1. The van der Waals surface area contributed by atoms with Gasteiger partial charge in [0.05, 0.1) is 12.1 Å². The third-order valence-corrected chi connectivity index (χ3v) is 2.47. The lowest BCUT2D eigenvalue weighted by atomic mass is 10.2. The molecule has 2 aromatic rings. The molecule has 6 heteroatoms. The Morgan fingerprint density at radius 1 is 1.53 bits per heavy atom. The highest BCUT2D eigenvalue weighted by Crippen LogP contribution is 2.13. The number of aromatic nitrogens is 3. The number of nitrogens with one attached hydrogen (secondary N) is 1. The Morgan fingerprint density at radius 2 is 2.35 bits per heavy atom. The number of aliphatic hydroxyl groups is 1. The molecule has 6 nitrogen and oxygen atoms in total. The highest BCUT2D eigenvalue weighted by Gasteiger charge is 2.08. The van der Waals surface area contributed by atoms with Gasteiger partial charge in [0.1, 0.15) is 5.52 Å². The van der Waals surface area contributed by atoms with Crippen LogP contribution in [0.3, 0.4) is 0 Å². The van der Waals surface area contributed by atoms with Crippen molar-refractivity contribution in [2.75, 3.05) is 13.2 Å². The number of fused-ring (bicyclic) bond motifs is 1. The molecule has 0 aliphatic heterocycles. The fraction of sp³-hybridized carbons (Fsp3) is 0.364. The molecular formula is C11H14N4O2. The summed E-state index contributed by atoms with van der Waals surface area (Å²) in [5.41, 5.74) is 2.13. The van der Waals surface area contributed by atoms with Crippen LogP contribution in [0.15, 0.2) is 18.2 Å². The van der Waals surface area contributed by atoms with Crippen LogP contribution in [0.5, 0.6) is 0 Å². The molecule has 0 aliphatic carbocycles. The molecule has 0 unspecified atom stereocenters. The van der Waals surface area contributed by atoms with Gasteiger partial charge in [-0.15, -0.1) is 5.10 Å². The van der Waals surface area contributed by atoms with E-state index in [0.717, 1.165) is 12.1 Å². The quantitative estimate of drug-likeness (QED) is 0.790. The van der Waals surface area contributed by atoms with Crippen LogP contribution in [0, 0.1) is 0 Å². The number of amides is 1. The van der Waals surface area contributed by atoms with Crippen molar-refractivity contribution in [1.29, 1.82) is 0 Å². The molecule has 0 radical (unpaired) electrons. The van der Waals surface area contributed by atoms with Gasteiger partial charge < -0.3 is 10.4 Å². The Hall–Kier alpha value is -1.95. The maximum atomic E-state index is 11.6. The van der Waals surface area contributed by atoms with Crippen molar-refractivity contribution in [2.45, 2.75) is 13.5 Å². The van der Waals surface area contributed by atoms with E-state index in [1.165, 1.54) is 0 Å². The molecule has 1 heterocycles. The fourth-order valence-corrected chi connectivity index (χ4v) is 1.62. The summed E-state index contributed by atoms with van der Waals surface area (Å²) in [7, 11) is 0. The summed E-state index contributed by atoms with van der Waals surface area (Å²) in [6.07, 6.45) is 0. The van der Waals surface area contributed by atoms with Gasteiger partial charge in [-0.1, -0.05) is 5.21 Å². The van der Waals surface area contributed by atoms with Gasteiger partial charge in [-0.05, 0) is 25.1 Å².